The van der Waals surface area contributed by atoms with E-state index in [1.165, 1.54) is 0 Å². The molecule has 1 amide bonds. The third-order valence-electron chi connectivity index (χ3n) is 3.26. The summed E-state index contributed by atoms with van der Waals surface area (Å²) in [4.78, 5) is 20.3. The lowest BCUT2D eigenvalue weighted by Crippen LogP contribution is -2.23. The molecule has 1 atom stereocenters. The number of amides is 1. The van der Waals surface area contributed by atoms with Gasteiger partial charge in [0.25, 0.3) is 0 Å². The number of carbonyl (C=O) groups is 1. The van der Waals surface area contributed by atoms with E-state index in [4.69, 9.17) is 0 Å². The second-order valence-corrected chi connectivity index (χ2v) is 4.79. The Morgan fingerprint density at radius 3 is 2.95 bits per heavy atom. The molecule has 104 valence electrons. The summed E-state index contributed by atoms with van der Waals surface area (Å²) < 4.78 is 0. The van der Waals surface area contributed by atoms with Gasteiger partial charge < -0.3 is 16.0 Å². The Bertz CT molecular complexity index is 642. The molecule has 0 saturated carbocycles. The van der Waals surface area contributed by atoms with Gasteiger partial charge in [-0.15, -0.1) is 0 Å². The minimum atomic E-state index is 0.0766. The number of nitrogens with zero attached hydrogens (tertiary/aromatic N) is 2. The van der Waals surface area contributed by atoms with Crippen molar-refractivity contribution in [1.82, 2.24) is 15.3 Å². The number of hydrogen-bond acceptors (Lipinski definition) is 5. The lowest BCUT2D eigenvalue weighted by molar-refractivity contribution is -0.119. The van der Waals surface area contributed by atoms with Gasteiger partial charge in [-0.25, -0.2) is 4.98 Å². The van der Waals surface area contributed by atoms with E-state index in [1.807, 2.05) is 31.2 Å². The smallest absolute Gasteiger partial charge is 0.225 e. The van der Waals surface area contributed by atoms with Gasteiger partial charge >= 0.3 is 0 Å². The molecule has 6 nitrogen and oxygen atoms in total. The van der Waals surface area contributed by atoms with Gasteiger partial charge in [-0.1, -0.05) is 12.1 Å². The topological polar surface area (TPSA) is 78.9 Å². The van der Waals surface area contributed by atoms with Crippen molar-refractivity contribution in [3.8, 4) is 0 Å². The zero-order valence-electron chi connectivity index (χ0n) is 11.3. The molecule has 1 aromatic heterocycles. The molecule has 0 aliphatic carbocycles. The first-order valence-corrected chi connectivity index (χ1v) is 6.80. The van der Waals surface area contributed by atoms with Crippen LogP contribution < -0.4 is 16.0 Å². The van der Waals surface area contributed by atoms with Crippen LogP contribution in [0.5, 0.6) is 0 Å². The molecule has 3 N–H and O–H groups in total. The van der Waals surface area contributed by atoms with Crippen LogP contribution in [-0.4, -0.2) is 35.0 Å². The van der Waals surface area contributed by atoms with Crippen LogP contribution in [0.15, 0.2) is 24.3 Å². The van der Waals surface area contributed by atoms with Gasteiger partial charge in [-0.2, -0.15) is 4.98 Å². The zero-order valence-corrected chi connectivity index (χ0v) is 11.3. The zero-order chi connectivity index (χ0) is 13.9. The molecule has 1 aromatic carbocycles. The molecule has 20 heavy (non-hydrogen) atoms. The van der Waals surface area contributed by atoms with Gasteiger partial charge in [0.05, 0.1) is 11.6 Å². The number of benzene rings is 1. The summed E-state index contributed by atoms with van der Waals surface area (Å²) in [6.07, 6.45) is 0.481. The van der Waals surface area contributed by atoms with Crippen LogP contribution in [-0.2, 0) is 4.79 Å². The minimum absolute atomic E-state index is 0.0766. The van der Waals surface area contributed by atoms with Crippen LogP contribution in [0.1, 0.15) is 13.3 Å². The van der Waals surface area contributed by atoms with Gasteiger partial charge in [0.1, 0.15) is 5.82 Å². The number of aromatic nitrogens is 2. The Kier molecular flexibility index (Phi) is 3.37. The van der Waals surface area contributed by atoms with Crippen molar-refractivity contribution in [2.75, 3.05) is 23.7 Å². The van der Waals surface area contributed by atoms with E-state index in [2.05, 4.69) is 25.9 Å². The normalized spacial score (nSPS) is 18.1. The van der Waals surface area contributed by atoms with E-state index < -0.39 is 0 Å². The molecule has 3 rings (SSSR count). The molecule has 6 heteroatoms. The molecular formula is C14H17N5O. The lowest BCUT2D eigenvalue weighted by Gasteiger charge is -2.14. The number of anilines is 2. The van der Waals surface area contributed by atoms with Crippen molar-refractivity contribution in [3.05, 3.63) is 24.3 Å². The van der Waals surface area contributed by atoms with Crippen LogP contribution in [0, 0.1) is 0 Å². The third kappa shape index (κ3) is 2.49. The number of rotatable bonds is 4. The molecule has 1 aliphatic rings. The first-order valence-electron chi connectivity index (χ1n) is 6.80. The van der Waals surface area contributed by atoms with Crippen LogP contribution in [0.2, 0.25) is 0 Å². The second kappa shape index (κ2) is 5.32. The SMILES string of the molecule is CCNc1nc(NC2CNC(=O)C2)c2ccccc2n1. The summed E-state index contributed by atoms with van der Waals surface area (Å²) >= 11 is 0. The fourth-order valence-electron chi connectivity index (χ4n) is 2.32. The average Bonchev–Trinajstić information content (AvgIpc) is 2.85. The van der Waals surface area contributed by atoms with Crippen LogP contribution in [0.3, 0.4) is 0 Å². The maximum Gasteiger partial charge on any atom is 0.225 e. The van der Waals surface area contributed by atoms with Crippen molar-refractivity contribution in [2.45, 2.75) is 19.4 Å². The predicted octanol–water partition coefficient (Wildman–Crippen LogP) is 1.36. The van der Waals surface area contributed by atoms with Crippen LogP contribution in [0.25, 0.3) is 10.9 Å². The highest BCUT2D eigenvalue weighted by molar-refractivity contribution is 5.90. The quantitative estimate of drug-likeness (QED) is 0.782. The number of carbonyl (C=O) groups excluding carboxylic acids is 1. The molecule has 1 fully saturated rings. The molecule has 2 aromatic rings. The summed E-state index contributed by atoms with van der Waals surface area (Å²) in [7, 11) is 0. The van der Waals surface area contributed by atoms with Crippen molar-refractivity contribution in [3.63, 3.8) is 0 Å². The van der Waals surface area contributed by atoms with Crippen molar-refractivity contribution >= 4 is 28.6 Å². The van der Waals surface area contributed by atoms with Crippen molar-refractivity contribution < 1.29 is 4.79 Å². The molecule has 1 saturated heterocycles. The number of nitrogens with one attached hydrogen (secondary N) is 3. The van der Waals surface area contributed by atoms with E-state index in [0.29, 0.717) is 18.9 Å². The Balaban J connectivity index is 1.96. The van der Waals surface area contributed by atoms with Crippen molar-refractivity contribution in [2.24, 2.45) is 0 Å². The summed E-state index contributed by atoms with van der Waals surface area (Å²) in [5, 5.41) is 10.3. The first-order chi connectivity index (χ1) is 9.76. The monoisotopic (exact) mass is 271 g/mol. The molecule has 1 aliphatic heterocycles. The fourth-order valence-corrected chi connectivity index (χ4v) is 2.32. The van der Waals surface area contributed by atoms with Crippen molar-refractivity contribution in [1.29, 1.82) is 0 Å². The van der Waals surface area contributed by atoms with Gasteiger partial charge in [0.2, 0.25) is 11.9 Å². The third-order valence-corrected chi connectivity index (χ3v) is 3.26. The summed E-state index contributed by atoms with van der Waals surface area (Å²) in [6, 6.07) is 7.94. The Morgan fingerprint density at radius 2 is 2.20 bits per heavy atom. The van der Waals surface area contributed by atoms with E-state index in [0.717, 1.165) is 23.3 Å². The summed E-state index contributed by atoms with van der Waals surface area (Å²) in [5.74, 6) is 1.45. The predicted molar refractivity (Wildman–Crippen MR) is 78.7 cm³/mol. The highest BCUT2D eigenvalue weighted by atomic mass is 16.1. The Morgan fingerprint density at radius 1 is 1.35 bits per heavy atom. The largest absolute Gasteiger partial charge is 0.364 e. The number of para-hydroxylation sites is 1. The molecule has 0 radical (unpaired) electrons. The lowest BCUT2D eigenvalue weighted by atomic mass is 10.2. The number of hydrogen-bond donors (Lipinski definition) is 3. The van der Waals surface area contributed by atoms with Crippen LogP contribution in [0.4, 0.5) is 11.8 Å². The van der Waals surface area contributed by atoms with Gasteiger partial charge in [0.15, 0.2) is 0 Å². The van der Waals surface area contributed by atoms with E-state index in [-0.39, 0.29) is 11.9 Å². The van der Waals surface area contributed by atoms with E-state index >= 15 is 0 Å². The minimum Gasteiger partial charge on any atom is -0.364 e. The average molecular weight is 271 g/mol. The summed E-state index contributed by atoms with van der Waals surface area (Å²) in [5.41, 5.74) is 0.887. The maximum atomic E-state index is 11.3. The number of fused-ring (bicyclic) bond motifs is 1. The highest BCUT2D eigenvalue weighted by Crippen LogP contribution is 2.23. The summed E-state index contributed by atoms with van der Waals surface area (Å²) in [6.45, 7) is 3.40. The molecule has 1 unspecified atom stereocenters. The first kappa shape index (κ1) is 12.7. The maximum absolute atomic E-state index is 11.3. The fraction of sp³-hybridized carbons (Fsp3) is 0.357. The molecular weight excluding hydrogens is 254 g/mol. The van der Waals surface area contributed by atoms with Gasteiger partial charge in [-0.05, 0) is 19.1 Å². The Hall–Kier alpha value is -2.37. The molecule has 2 heterocycles. The Labute approximate surface area is 117 Å². The van der Waals surface area contributed by atoms with Gasteiger partial charge in [0, 0.05) is 24.9 Å². The van der Waals surface area contributed by atoms with Gasteiger partial charge in [-0.3, -0.25) is 4.79 Å². The van der Waals surface area contributed by atoms with E-state index in [9.17, 15) is 4.79 Å². The second-order valence-electron chi connectivity index (χ2n) is 4.79. The van der Waals surface area contributed by atoms with E-state index in [1.54, 1.807) is 0 Å². The van der Waals surface area contributed by atoms with Crippen LogP contribution >= 0.6 is 0 Å². The molecule has 0 bridgehead atoms. The molecule has 0 spiro atoms. The standard InChI is InChI=1S/C14H17N5O/c1-2-15-14-18-11-6-4-3-5-10(11)13(19-14)17-9-7-12(20)16-8-9/h3-6,9H,2,7-8H2,1H3,(H,16,20)(H2,15,17,18,19). The highest BCUT2D eigenvalue weighted by Gasteiger charge is 2.22.